The molecule has 202 valence electrons. The predicted octanol–water partition coefficient (Wildman–Crippen LogP) is 8.22. The molecule has 39 heavy (non-hydrogen) atoms. The third kappa shape index (κ3) is 4.15. The second kappa shape index (κ2) is 8.88. The Morgan fingerprint density at radius 3 is 2.67 bits per heavy atom. The number of hydrogen-bond donors (Lipinski definition) is 1. The zero-order valence-electron chi connectivity index (χ0n) is 22.7. The fourth-order valence-electron chi connectivity index (χ4n) is 6.76. The van der Waals surface area contributed by atoms with Crippen LogP contribution in [0.25, 0.3) is 33.4 Å². The third-order valence-corrected chi connectivity index (χ3v) is 8.88. The van der Waals surface area contributed by atoms with Crippen LogP contribution in [0.5, 0.6) is 5.75 Å². The SMILES string of the molecule is CC1Oc2cc(-c3cnc(C4C5CCC(CC5)N4C(=O)OC(C)(C)C)[nH]3)ccc2-c2cc3cc(Br)ccc3n21. The van der Waals surface area contributed by atoms with Crippen molar-refractivity contribution in [3.8, 4) is 28.3 Å². The highest BCUT2D eigenvalue weighted by molar-refractivity contribution is 9.10. The van der Waals surface area contributed by atoms with Crippen molar-refractivity contribution >= 4 is 32.9 Å². The molecule has 3 fully saturated rings. The van der Waals surface area contributed by atoms with E-state index in [0.717, 1.165) is 69.8 Å². The lowest BCUT2D eigenvalue weighted by Gasteiger charge is -2.50. The van der Waals surface area contributed by atoms with Gasteiger partial charge >= 0.3 is 6.09 Å². The number of ether oxygens (including phenoxy) is 2. The molecule has 1 saturated carbocycles. The summed E-state index contributed by atoms with van der Waals surface area (Å²) in [4.78, 5) is 23.6. The second-order valence-electron chi connectivity index (χ2n) is 12.1. The molecule has 1 amide bonds. The number of nitrogens with one attached hydrogen (secondary N) is 1. The van der Waals surface area contributed by atoms with Gasteiger partial charge < -0.3 is 19.0 Å². The average Bonchev–Trinajstić information content (AvgIpc) is 3.53. The van der Waals surface area contributed by atoms with E-state index in [-0.39, 0.29) is 24.4 Å². The molecule has 4 aromatic rings. The lowest BCUT2D eigenvalue weighted by atomic mass is 9.74. The van der Waals surface area contributed by atoms with Gasteiger partial charge in [0.05, 0.1) is 29.1 Å². The van der Waals surface area contributed by atoms with Crippen molar-refractivity contribution in [1.82, 2.24) is 19.4 Å². The van der Waals surface area contributed by atoms with Crippen LogP contribution in [-0.4, -0.2) is 37.2 Å². The molecule has 4 aliphatic rings. The molecule has 2 aromatic heterocycles. The largest absolute Gasteiger partial charge is 0.470 e. The van der Waals surface area contributed by atoms with Crippen molar-refractivity contribution in [3.05, 3.63) is 59.0 Å². The van der Waals surface area contributed by atoms with Crippen LogP contribution in [-0.2, 0) is 4.74 Å². The molecule has 8 heteroatoms. The number of imidazole rings is 1. The summed E-state index contributed by atoms with van der Waals surface area (Å²) in [5, 5.41) is 1.18. The van der Waals surface area contributed by atoms with Gasteiger partial charge in [0.15, 0.2) is 6.23 Å². The summed E-state index contributed by atoms with van der Waals surface area (Å²) >= 11 is 3.59. The van der Waals surface area contributed by atoms with Gasteiger partial charge in [0.2, 0.25) is 0 Å². The Labute approximate surface area is 236 Å². The molecule has 0 spiro atoms. The lowest BCUT2D eigenvalue weighted by molar-refractivity contribution is -0.0439. The van der Waals surface area contributed by atoms with Gasteiger partial charge in [-0.2, -0.15) is 0 Å². The molecule has 7 nitrogen and oxygen atoms in total. The van der Waals surface area contributed by atoms with Crippen LogP contribution in [0.4, 0.5) is 4.79 Å². The highest BCUT2D eigenvalue weighted by atomic mass is 79.9. The quantitative estimate of drug-likeness (QED) is 0.256. The third-order valence-electron chi connectivity index (χ3n) is 8.39. The van der Waals surface area contributed by atoms with E-state index in [9.17, 15) is 4.79 Å². The Morgan fingerprint density at radius 2 is 1.90 bits per heavy atom. The molecule has 1 aliphatic carbocycles. The molecule has 1 N–H and O–H groups in total. The summed E-state index contributed by atoms with van der Waals surface area (Å²) in [7, 11) is 0. The van der Waals surface area contributed by atoms with E-state index >= 15 is 0 Å². The van der Waals surface area contributed by atoms with Crippen LogP contribution >= 0.6 is 15.9 Å². The number of nitrogens with zero attached hydrogens (tertiary/aromatic N) is 3. The Hall–Kier alpha value is -3.26. The summed E-state index contributed by atoms with van der Waals surface area (Å²) in [6, 6.07) is 15.0. The number of H-pyrrole nitrogens is 1. The highest BCUT2D eigenvalue weighted by Crippen LogP contribution is 2.48. The molecule has 2 saturated heterocycles. The zero-order valence-corrected chi connectivity index (χ0v) is 24.3. The molecule has 2 aromatic carbocycles. The Balaban J connectivity index is 1.22. The van der Waals surface area contributed by atoms with E-state index in [2.05, 4.69) is 74.9 Å². The number of amides is 1. The number of aromatic amines is 1. The molecule has 8 rings (SSSR count). The van der Waals surface area contributed by atoms with E-state index < -0.39 is 5.60 Å². The fraction of sp³-hybridized carbons (Fsp3) is 0.419. The van der Waals surface area contributed by atoms with Gasteiger partial charge in [-0.05, 0) is 95.7 Å². The maximum Gasteiger partial charge on any atom is 0.411 e. The van der Waals surface area contributed by atoms with Crippen molar-refractivity contribution in [2.45, 2.75) is 77.3 Å². The number of benzene rings is 2. The number of carbonyl (C=O) groups is 1. The van der Waals surface area contributed by atoms with Crippen molar-refractivity contribution in [2.75, 3.05) is 0 Å². The number of piperidine rings is 2. The van der Waals surface area contributed by atoms with Gasteiger partial charge in [-0.25, -0.2) is 9.78 Å². The molecule has 3 aliphatic heterocycles. The smallest absolute Gasteiger partial charge is 0.411 e. The van der Waals surface area contributed by atoms with Gasteiger partial charge in [0.1, 0.15) is 17.2 Å². The summed E-state index contributed by atoms with van der Waals surface area (Å²) in [5.41, 5.74) is 4.78. The number of rotatable bonds is 2. The van der Waals surface area contributed by atoms with Crippen LogP contribution in [0.15, 0.2) is 53.1 Å². The Bertz CT molecular complexity index is 1590. The minimum absolute atomic E-state index is 0.0926. The van der Waals surface area contributed by atoms with Gasteiger partial charge in [-0.1, -0.05) is 22.0 Å². The van der Waals surface area contributed by atoms with Gasteiger partial charge in [-0.3, -0.25) is 4.90 Å². The standard InChI is InChI=1S/C31H33BrN4O3/c1-17-35-25-12-8-21(32)13-20(25)14-26(35)23-11-7-19(15-27(23)38-17)24-16-33-29(34-24)28-18-5-9-22(10-6-18)36(28)30(37)39-31(2,3)4/h7-8,11-18,22,28H,5-6,9-10H2,1-4H3,(H,33,34). The number of carbonyl (C=O) groups excluding carboxylic acids is 1. The first-order chi connectivity index (χ1) is 18.7. The minimum atomic E-state index is -0.533. The van der Waals surface area contributed by atoms with Crippen molar-refractivity contribution in [3.63, 3.8) is 0 Å². The first-order valence-electron chi connectivity index (χ1n) is 13.8. The van der Waals surface area contributed by atoms with Crippen LogP contribution in [0.2, 0.25) is 0 Å². The first-order valence-corrected chi connectivity index (χ1v) is 14.6. The summed E-state index contributed by atoms with van der Waals surface area (Å²) in [6.07, 6.45) is 5.80. The van der Waals surface area contributed by atoms with E-state index in [1.807, 2.05) is 31.9 Å². The van der Waals surface area contributed by atoms with E-state index in [0.29, 0.717) is 5.92 Å². The molecule has 0 radical (unpaired) electrons. The molecule has 2 atom stereocenters. The fourth-order valence-corrected chi connectivity index (χ4v) is 7.14. The normalized spacial score (nSPS) is 23.9. The van der Waals surface area contributed by atoms with Crippen LogP contribution in [0.3, 0.4) is 0 Å². The summed E-state index contributed by atoms with van der Waals surface area (Å²) in [6.45, 7) is 7.85. The van der Waals surface area contributed by atoms with Gasteiger partial charge in [-0.15, -0.1) is 0 Å². The maximum atomic E-state index is 13.3. The van der Waals surface area contributed by atoms with Crippen LogP contribution in [0, 0.1) is 5.92 Å². The Kier molecular flexibility index (Phi) is 5.64. The van der Waals surface area contributed by atoms with E-state index in [1.165, 1.54) is 5.39 Å². The number of halogens is 1. The predicted molar refractivity (Wildman–Crippen MR) is 155 cm³/mol. The molecule has 2 bridgehead atoms. The van der Waals surface area contributed by atoms with Gasteiger partial charge in [0.25, 0.3) is 0 Å². The second-order valence-corrected chi connectivity index (χ2v) is 13.0. The summed E-state index contributed by atoms with van der Waals surface area (Å²) in [5.74, 6) is 2.08. The zero-order chi connectivity index (χ0) is 27.1. The summed E-state index contributed by atoms with van der Waals surface area (Å²) < 4.78 is 15.6. The highest BCUT2D eigenvalue weighted by Gasteiger charge is 2.47. The minimum Gasteiger partial charge on any atom is -0.470 e. The van der Waals surface area contributed by atoms with Crippen molar-refractivity contribution < 1.29 is 14.3 Å². The Morgan fingerprint density at radius 1 is 1.10 bits per heavy atom. The van der Waals surface area contributed by atoms with Crippen LogP contribution in [0.1, 0.15) is 71.5 Å². The van der Waals surface area contributed by atoms with Crippen molar-refractivity contribution in [1.29, 1.82) is 0 Å². The van der Waals surface area contributed by atoms with E-state index in [4.69, 9.17) is 14.5 Å². The average molecular weight is 590 g/mol. The monoisotopic (exact) mass is 588 g/mol. The maximum absolute atomic E-state index is 13.3. The first kappa shape index (κ1) is 24.8. The number of aromatic nitrogens is 3. The number of hydrogen-bond acceptors (Lipinski definition) is 4. The van der Waals surface area contributed by atoms with E-state index in [1.54, 1.807) is 0 Å². The topological polar surface area (TPSA) is 72.4 Å². The van der Waals surface area contributed by atoms with Crippen molar-refractivity contribution in [2.24, 2.45) is 5.92 Å². The molecular weight excluding hydrogens is 556 g/mol. The molecular formula is C31H33BrN4O3. The number of fused-ring (bicyclic) bond motifs is 8. The molecule has 2 unspecified atom stereocenters. The molecule has 5 heterocycles. The van der Waals surface area contributed by atoms with Crippen LogP contribution < -0.4 is 4.74 Å². The van der Waals surface area contributed by atoms with Gasteiger partial charge in [0, 0.05) is 27.0 Å². The lowest BCUT2D eigenvalue weighted by Crippen LogP contribution is -2.54.